The molecule has 0 saturated carbocycles. The molecule has 1 aromatic carbocycles. The first-order chi connectivity index (χ1) is 9.06. The van der Waals surface area contributed by atoms with E-state index in [-0.39, 0.29) is 15.8 Å². The number of ether oxygens (including phenoxy) is 2. The van der Waals surface area contributed by atoms with Crippen LogP contribution in [0.15, 0.2) is 40.4 Å². The zero-order valence-electron chi connectivity index (χ0n) is 10.7. The monoisotopic (exact) mass is 300 g/mol. The van der Waals surface area contributed by atoms with E-state index in [4.69, 9.17) is 32.7 Å². The minimum atomic E-state index is -1.29. The Labute approximate surface area is 122 Å². The van der Waals surface area contributed by atoms with Gasteiger partial charge in [0.15, 0.2) is 5.78 Å². The zero-order valence-corrected chi connectivity index (χ0v) is 12.2. The number of hydrogen-bond acceptors (Lipinski definition) is 3. The second-order valence-electron chi connectivity index (χ2n) is 4.31. The maximum absolute atomic E-state index is 12.2. The second-order valence-corrected chi connectivity index (χ2v) is 5.07. The molecule has 2 rings (SSSR count). The van der Waals surface area contributed by atoms with Crippen LogP contribution in [0, 0.1) is 5.92 Å². The van der Waals surface area contributed by atoms with Gasteiger partial charge < -0.3 is 9.47 Å². The van der Waals surface area contributed by atoms with Crippen LogP contribution in [0.1, 0.15) is 5.56 Å². The van der Waals surface area contributed by atoms with E-state index < -0.39 is 11.7 Å². The van der Waals surface area contributed by atoms with Crippen molar-refractivity contribution in [1.29, 1.82) is 0 Å². The molecule has 0 radical (unpaired) electrons. The molecular formula is C14H14Cl2O3. The van der Waals surface area contributed by atoms with Crippen molar-refractivity contribution in [2.45, 2.75) is 12.2 Å². The van der Waals surface area contributed by atoms with Crippen LogP contribution in [0.5, 0.6) is 0 Å². The van der Waals surface area contributed by atoms with E-state index in [0.717, 1.165) is 5.56 Å². The number of ketones is 1. The van der Waals surface area contributed by atoms with Gasteiger partial charge in [-0.25, -0.2) is 0 Å². The summed E-state index contributed by atoms with van der Waals surface area (Å²) in [6, 6.07) is 9.60. The standard InChI is InChI=1S/C14H14Cl2O3/c1-18-14(19-2)10(12(17)11(15)13(14)16)8-9-6-4-3-5-7-9/h3-7,10H,8H2,1-2H3. The van der Waals surface area contributed by atoms with Crippen molar-refractivity contribution in [1.82, 2.24) is 0 Å². The molecule has 0 aromatic heterocycles. The molecule has 5 heteroatoms. The highest BCUT2D eigenvalue weighted by Crippen LogP contribution is 2.46. The summed E-state index contributed by atoms with van der Waals surface area (Å²) in [6.07, 6.45) is 0.452. The molecule has 0 heterocycles. The van der Waals surface area contributed by atoms with Crippen molar-refractivity contribution in [3.63, 3.8) is 0 Å². The molecule has 0 aliphatic heterocycles. The Morgan fingerprint density at radius 2 is 1.74 bits per heavy atom. The maximum atomic E-state index is 12.2. The van der Waals surface area contributed by atoms with Crippen LogP contribution in [0.4, 0.5) is 0 Å². The third-order valence-electron chi connectivity index (χ3n) is 3.38. The van der Waals surface area contributed by atoms with Gasteiger partial charge in [-0.15, -0.1) is 0 Å². The van der Waals surface area contributed by atoms with Crippen LogP contribution in [0.2, 0.25) is 0 Å². The average molecular weight is 301 g/mol. The Hall–Kier alpha value is -0.870. The average Bonchev–Trinajstić information content (AvgIpc) is 2.63. The molecule has 0 fully saturated rings. The summed E-state index contributed by atoms with van der Waals surface area (Å²) >= 11 is 12.1. The molecule has 1 aromatic rings. The van der Waals surface area contributed by atoms with Crippen LogP contribution in [0.3, 0.4) is 0 Å². The van der Waals surface area contributed by atoms with Crippen molar-refractivity contribution in [2.75, 3.05) is 14.2 Å². The SMILES string of the molecule is COC1(OC)C(Cl)=C(Cl)C(=O)C1Cc1ccccc1. The lowest BCUT2D eigenvalue weighted by molar-refractivity contribution is -0.200. The smallest absolute Gasteiger partial charge is 0.217 e. The first-order valence-electron chi connectivity index (χ1n) is 5.81. The summed E-state index contributed by atoms with van der Waals surface area (Å²) in [4.78, 5) is 12.2. The predicted molar refractivity (Wildman–Crippen MR) is 74.1 cm³/mol. The van der Waals surface area contributed by atoms with Crippen LogP contribution < -0.4 is 0 Å². The van der Waals surface area contributed by atoms with E-state index in [9.17, 15) is 4.79 Å². The fourth-order valence-corrected chi connectivity index (χ4v) is 3.01. The molecule has 102 valence electrons. The molecule has 1 atom stereocenters. The summed E-state index contributed by atoms with van der Waals surface area (Å²) < 4.78 is 10.7. The third kappa shape index (κ3) is 2.32. The number of halogens is 2. The van der Waals surface area contributed by atoms with Gasteiger partial charge in [-0.05, 0) is 12.0 Å². The highest BCUT2D eigenvalue weighted by Gasteiger charge is 2.54. The van der Waals surface area contributed by atoms with Crippen LogP contribution in [-0.4, -0.2) is 25.8 Å². The number of hydrogen-bond donors (Lipinski definition) is 0. The number of benzene rings is 1. The van der Waals surface area contributed by atoms with Crippen molar-refractivity contribution < 1.29 is 14.3 Å². The van der Waals surface area contributed by atoms with Gasteiger partial charge in [0, 0.05) is 14.2 Å². The lowest BCUT2D eigenvalue weighted by atomic mass is 9.92. The molecule has 0 amide bonds. The van der Waals surface area contributed by atoms with Gasteiger partial charge in [-0.1, -0.05) is 53.5 Å². The van der Waals surface area contributed by atoms with Crippen molar-refractivity contribution in [3.8, 4) is 0 Å². The molecule has 0 N–H and O–H groups in total. The summed E-state index contributed by atoms with van der Waals surface area (Å²) in [6.45, 7) is 0. The molecule has 3 nitrogen and oxygen atoms in total. The Bertz CT molecular complexity index is 507. The molecule has 1 aliphatic carbocycles. The van der Waals surface area contributed by atoms with Gasteiger partial charge in [-0.3, -0.25) is 4.79 Å². The molecule has 0 saturated heterocycles. The third-order valence-corrected chi connectivity index (χ3v) is 4.30. The van der Waals surface area contributed by atoms with Crippen molar-refractivity contribution in [2.24, 2.45) is 5.92 Å². The molecule has 0 bridgehead atoms. The highest BCUT2D eigenvalue weighted by molar-refractivity contribution is 6.50. The first-order valence-corrected chi connectivity index (χ1v) is 6.56. The highest BCUT2D eigenvalue weighted by atomic mass is 35.5. The lowest BCUT2D eigenvalue weighted by Crippen LogP contribution is -2.43. The first kappa shape index (κ1) is 14.5. The maximum Gasteiger partial charge on any atom is 0.217 e. The van der Waals surface area contributed by atoms with E-state index >= 15 is 0 Å². The van der Waals surface area contributed by atoms with E-state index in [0.29, 0.717) is 6.42 Å². The molecule has 1 unspecified atom stereocenters. The van der Waals surface area contributed by atoms with Gasteiger partial charge in [0.1, 0.15) is 10.1 Å². The van der Waals surface area contributed by atoms with E-state index in [1.165, 1.54) is 14.2 Å². The number of carbonyl (C=O) groups is 1. The fourth-order valence-electron chi connectivity index (χ4n) is 2.36. The van der Waals surface area contributed by atoms with Crippen molar-refractivity contribution >= 4 is 29.0 Å². The quantitative estimate of drug-likeness (QED) is 0.802. The van der Waals surface area contributed by atoms with Gasteiger partial charge in [0.25, 0.3) is 0 Å². The minimum Gasteiger partial charge on any atom is -0.348 e. The predicted octanol–water partition coefficient (Wildman–Crippen LogP) is 3.11. The molecule has 0 spiro atoms. The number of methoxy groups -OCH3 is 2. The van der Waals surface area contributed by atoms with Crippen LogP contribution in [-0.2, 0) is 20.7 Å². The summed E-state index contributed by atoms with van der Waals surface area (Å²) in [5.41, 5.74) is 0.996. The Kier molecular flexibility index (Phi) is 4.31. The molecule has 1 aliphatic rings. The number of carbonyl (C=O) groups excluding carboxylic acids is 1. The van der Waals surface area contributed by atoms with E-state index in [1.54, 1.807) is 0 Å². The summed E-state index contributed by atoms with van der Waals surface area (Å²) in [5.74, 6) is -2.12. The van der Waals surface area contributed by atoms with Gasteiger partial charge >= 0.3 is 0 Å². The van der Waals surface area contributed by atoms with Gasteiger partial charge in [0.2, 0.25) is 5.79 Å². The van der Waals surface area contributed by atoms with Gasteiger partial charge in [0.05, 0.1) is 5.92 Å². The summed E-state index contributed by atoms with van der Waals surface area (Å²) in [5, 5.41) is 0.108. The lowest BCUT2D eigenvalue weighted by Gasteiger charge is -2.32. The normalized spacial score (nSPS) is 22.1. The largest absolute Gasteiger partial charge is 0.348 e. The van der Waals surface area contributed by atoms with Crippen LogP contribution >= 0.6 is 23.2 Å². The number of rotatable bonds is 4. The van der Waals surface area contributed by atoms with Crippen LogP contribution in [0.25, 0.3) is 0 Å². The topological polar surface area (TPSA) is 35.5 Å². The number of allylic oxidation sites excluding steroid dienone is 1. The van der Waals surface area contributed by atoms with Gasteiger partial charge in [-0.2, -0.15) is 0 Å². The van der Waals surface area contributed by atoms with E-state index in [1.807, 2.05) is 30.3 Å². The van der Waals surface area contributed by atoms with Crippen molar-refractivity contribution in [3.05, 3.63) is 46.0 Å². The Morgan fingerprint density at radius 1 is 1.16 bits per heavy atom. The van der Waals surface area contributed by atoms with E-state index in [2.05, 4.69) is 0 Å². The fraction of sp³-hybridized carbons (Fsp3) is 0.357. The Balaban J connectivity index is 2.36. The Morgan fingerprint density at radius 3 is 2.26 bits per heavy atom. The summed E-state index contributed by atoms with van der Waals surface area (Å²) in [7, 11) is 2.90. The second kappa shape index (κ2) is 5.63. The minimum absolute atomic E-state index is 0.00806. The molecular weight excluding hydrogens is 287 g/mol. The molecule has 19 heavy (non-hydrogen) atoms. The number of Topliss-reactive ketones (excluding diaryl/α,β-unsaturated/α-hetero) is 1. The zero-order chi connectivity index (χ0) is 14.0.